The second-order valence-electron chi connectivity index (χ2n) is 5.71. The number of rotatable bonds is 11. The minimum Gasteiger partial charge on any atom is -0.356 e. The van der Waals surface area contributed by atoms with E-state index in [2.05, 4.69) is 19.2 Å². The maximum absolute atomic E-state index is 11.6. The average Bonchev–Trinajstić information content (AvgIpc) is 2.34. The van der Waals surface area contributed by atoms with E-state index < -0.39 is 0 Å². The molecule has 3 N–H and O–H groups in total. The molecular formula is C15H30N2O2. The van der Waals surface area contributed by atoms with Crippen molar-refractivity contribution in [1.29, 1.82) is 0 Å². The van der Waals surface area contributed by atoms with Crippen molar-refractivity contribution in [2.75, 3.05) is 13.1 Å². The molecule has 0 bridgehead atoms. The molecule has 0 fully saturated rings. The summed E-state index contributed by atoms with van der Waals surface area (Å²) in [5, 5.41) is 2.95. The summed E-state index contributed by atoms with van der Waals surface area (Å²) in [6, 6.07) is 0. The van der Waals surface area contributed by atoms with Crippen LogP contribution in [-0.4, -0.2) is 24.8 Å². The fourth-order valence-corrected chi connectivity index (χ4v) is 1.95. The molecule has 0 aromatic carbocycles. The van der Waals surface area contributed by atoms with Gasteiger partial charge < -0.3 is 15.8 Å². The molecule has 0 aliphatic carbocycles. The third-order valence-corrected chi connectivity index (χ3v) is 3.47. The van der Waals surface area contributed by atoms with Gasteiger partial charge in [0.05, 0.1) is 0 Å². The van der Waals surface area contributed by atoms with E-state index in [0.29, 0.717) is 31.2 Å². The maximum atomic E-state index is 11.6. The summed E-state index contributed by atoms with van der Waals surface area (Å²) in [4.78, 5) is 22.5. The van der Waals surface area contributed by atoms with Gasteiger partial charge >= 0.3 is 0 Å². The van der Waals surface area contributed by atoms with Crippen LogP contribution in [-0.2, 0) is 9.59 Å². The smallest absolute Gasteiger partial charge is 0.220 e. The Balaban J connectivity index is 3.55. The van der Waals surface area contributed by atoms with Gasteiger partial charge in [0, 0.05) is 19.4 Å². The molecule has 0 aliphatic heterocycles. The lowest BCUT2D eigenvalue weighted by Gasteiger charge is -2.12. The van der Waals surface area contributed by atoms with Gasteiger partial charge in [0.1, 0.15) is 5.78 Å². The van der Waals surface area contributed by atoms with Crippen LogP contribution in [0.25, 0.3) is 0 Å². The van der Waals surface area contributed by atoms with Crippen molar-refractivity contribution in [1.82, 2.24) is 5.32 Å². The van der Waals surface area contributed by atoms with Gasteiger partial charge in [-0.25, -0.2) is 0 Å². The first kappa shape index (κ1) is 18.1. The van der Waals surface area contributed by atoms with Crippen molar-refractivity contribution >= 4 is 11.7 Å². The maximum Gasteiger partial charge on any atom is 0.220 e. The summed E-state index contributed by atoms with van der Waals surface area (Å²) < 4.78 is 0. The topological polar surface area (TPSA) is 72.2 Å². The van der Waals surface area contributed by atoms with Crippen LogP contribution in [0.2, 0.25) is 0 Å². The van der Waals surface area contributed by atoms with Crippen LogP contribution in [0.1, 0.15) is 59.3 Å². The van der Waals surface area contributed by atoms with E-state index in [1.54, 1.807) is 6.92 Å². The first-order valence-corrected chi connectivity index (χ1v) is 7.41. The molecule has 0 heterocycles. The van der Waals surface area contributed by atoms with Gasteiger partial charge in [0.15, 0.2) is 0 Å². The van der Waals surface area contributed by atoms with Gasteiger partial charge in [-0.3, -0.25) is 4.79 Å². The van der Waals surface area contributed by atoms with Gasteiger partial charge in [-0.2, -0.15) is 0 Å². The summed E-state index contributed by atoms with van der Waals surface area (Å²) in [5.41, 5.74) is 5.48. The van der Waals surface area contributed by atoms with Crippen LogP contribution in [0.3, 0.4) is 0 Å². The Kier molecular flexibility index (Phi) is 10.5. The van der Waals surface area contributed by atoms with Gasteiger partial charge in [-0.05, 0) is 51.0 Å². The number of nitrogens with one attached hydrogen (secondary N) is 1. The van der Waals surface area contributed by atoms with Crippen LogP contribution in [0, 0.1) is 11.8 Å². The fraction of sp³-hybridized carbons (Fsp3) is 0.867. The highest BCUT2D eigenvalue weighted by Crippen LogP contribution is 2.12. The van der Waals surface area contributed by atoms with E-state index in [1.807, 2.05) is 0 Å². The Morgan fingerprint density at radius 2 is 1.58 bits per heavy atom. The zero-order chi connectivity index (χ0) is 14.7. The Morgan fingerprint density at radius 3 is 2.16 bits per heavy atom. The first-order valence-electron chi connectivity index (χ1n) is 7.41. The van der Waals surface area contributed by atoms with Gasteiger partial charge in [0.2, 0.25) is 5.91 Å². The molecule has 19 heavy (non-hydrogen) atoms. The minimum atomic E-state index is 0.120. The number of carbonyl (C=O) groups is 2. The van der Waals surface area contributed by atoms with Crippen molar-refractivity contribution in [2.45, 2.75) is 59.3 Å². The summed E-state index contributed by atoms with van der Waals surface area (Å²) >= 11 is 0. The first-order chi connectivity index (χ1) is 8.95. The van der Waals surface area contributed by atoms with E-state index in [0.717, 1.165) is 32.2 Å². The molecule has 0 spiro atoms. The second kappa shape index (κ2) is 11.0. The van der Waals surface area contributed by atoms with Gasteiger partial charge in [-0.1, -0.05) is 13.8 Å². The zero-order valence-electron chi connectivity index (χ0n) is 12.7. The minimum absolute atomic E-state index is 0.120. The number of ketones is 1. The van der Waals surface area contributed by atoms with E-state index in [-0.39, 0.29) is 11.7 Å². The highest BCUT2D eigenvalue weighted by molar-refractivity contribution is 5.76. The quantitative estimate of drug-likeness (QED) is 0.605. The van der Waals surface area contributed by atoms with Crippen LogP contribution in [0.5, 0.6) is 0 Å². The molecule has 4 nitrogen and oxygen atoms in total. The summed E-state index contributed by atoms with van der Waals surface area (Å²) in [7, 11) is 0. The van der Waals surface area contributed by atoms with Crippen molar-refractivity contribution in [3.63, 3.8) is 0 Å². The number of carbonyl (C=O) groups excluding carboxylic acids is 2. The number of amides is 1. The Labute approximate surface area is 117 Å². The van der Waals surface area contributed by atoms with Crippen LogP contribution in [0.4, 0.5) is 0 Å². The molecule has 0 radical (unpaired) electrons. The molecule has 0 aromatic rings. The van der Waals surface area contributed by atoms with Crippen LogP contribution >= 0.6 is 0 Å². The molecule has 0 saturated heterocycles. The Bertz CT molecular complexity index is 267. The molecule has 112 valence electrons. The van der Waals surface area contributed by atoms with Crippen molar-refractivity contribution in [3.8, 4) is 0 Å². The molecule has 0 aliphatic rings. The van der Waals surface area contributed by atoms with Crippen molar-refractivity contribution in [3.05, 3.63) is 0 Å². The molecule has 4 heteroatoms. The average molecular weight is 270 g/mol. The molecule has 0 saturated carbocycles. The third-order valence-electron chi connectivity index (χ3n) is 3.47. The van der Waals surface area contributed by atoms with Crippen LogP contribution < -0.4 is 11.1 Å². The normalized spacial score (nSPS) is 13.9. The predicted octanol–water partition coefficient (Wildman–Crippen LogP) is 2.26. The lowest BCUT2D eigenvalue weighted by Crippen LogP contribution is -2.26. The Hall–Kier alpha value is -0.900. The number of hydrogen-bond donors (Lipinski definition) is 2. The summed E-state index contributed by atoms with van der Waals surface area (Å²) in [6.07, 6.45) is 4.93. The Morgan fingerprint density at radius 1 is 1.00 bits per heavy atom. The lowest BCUT2D eigenvalue weighted by atomic mass is 9.98. The standard InChI is InChI=1S/C15H30N2O2/c1-12(4-6-14(3)18)5-7-15(19)17-11-9-13(2)8-10-16/h12-13H,4-11,16H2,1-3H3,(H,17,19). The van der Waals surface area contributed by atoms with Gasteiger partial charge in [-0.15, -0.1) is 0 Å². The van der Waals surface area contributed by atoms with Crippen LogP contribution in [0.15, 0.2) is 0 Å². The number of nitrogens with two attached hydrogens (primary N) is 1. The number of hydrogen-bond acceptors (Lipinski definition) is 3. The van der Waals surface area contributed by atoms with Crippen molar-refractivity contribution < 1.29 is 9.59 Å². The highest BCUT2D eigenvalue weighted by atomic mass is 16.1. The zero-order valence-corrected chi connectivity index (χ0v) is 12.7. The lowest BCUT2D eigenvalue weighted by molar-refractivity contribution is -0.121. The summed E-state index contributed by atoms with van der Waals surface area (Å²) in [5.74, 6) is 1.35. The molecule has 2 unspecified atom stereocenters. The monoisotopic (exact) mass is 270 g/mol. The largest absolute Gasteiger partial charge is 0.356 e. The predicted molar refractivity (Wildman–Crippen MR) is 78.8 cm³/mol. The molecule has 0 rings (SSSR count). The van der Waals surface area contributed by atoms with E-state index >= 15 is 0 Å². The molecule has 2 atom stereocenters. The molecular weight excluding hydrogens is 240 g/mol. The van der Waals surface area contributed by atoms with E-state index in [1.165, 1.54) is 0 Å². The van der Waals surface area contributed by atoms with E-state index in [4.69, 9.17) is 5.73 Å². The SMILES string of the molecule is CC(=O)CCC(C)CCC(=O)NCCC(C)CCN. The highest BCUT2D eigenvalue weighted by Gasteiger charge is 2.08. The molecule has 0 aromatic heterocycles. The third kappa shape index (κ3) is 11.9. The fourth-order valence-electron chi connectivity index (χ4n) is 1.95. The number of Topliss-reactive ketones (excluding diaryl/α,β-unsaturated/α-hetero) is 1. The van der Waals surface area contributed by atoms with Gasteiger partial charge in [0.25, 0.3) is 0 Å². The van der Waals surface area contributed by atoms with E-state index in [9.17, 15) is 9.59 Å². The second-order valence-corrected chi connectivity index (χ2v) is 5.71. The summed E-state index contributed by atoms with van der Waals surface area (Å²) in [6.45, 7) is 7.31. The molecule has 1 amide bonds. The van der Waals surface area contributed by atoms with Crippen molar-refractivity contribution in [2.24, 2.45) is 17.6 Å².